The van der Waals surface area contributed by atoms with Gasteiger partial charge in [-0.05, 0) is 54.9 Å². The Balaban J connectivity index is 0.00000288. The number of benzene rings is 1. The van der Waals surface area contributed by atoms with E-state index in [0.717, 1.165) is 43.5 Å². The molecule has 0 bridgehead atoms. The van der Waals surface area contributed by atoms with E-state index in [1.54, 1.807) is 16.4 Å². The normalized spacial score (nSPS) is 10.5. The lowest BCUT2D eigenvalue weighted by Gasteiger charge is -2.21. The Kier molecular flexibility index (Phi) is 9.75. The van der Waals surface area contributed by atoms with Crippen molar-refractivity contribution in [3.63, 3.8) is 0 Å². The lowest BCUT2D eigenvalue weighted by atomic mass is 10.2. The predicted molar refractivity (Wildman–Crippen MR) is 95.8 cm³/mol. The maximum atomic E-state index is 3.96. The Labute approximate surface area is 154 Å². The van der Waals surface area contributed by atoms with E-state index in [2.05, 4.69) is 63.9 Å². The van der Waals surface area contributed by atoms with Gasteiger partial charge in [-0.2, -0.15) is 0 Å². The Morgan fingerprint density at radius 2 is 1.88 bits per heavy atom. The first-order valence-electron chi connectivity index (χ1n) is 8.14. The van der Waals surface area contributed by atoms with Crippen LogP contribution in [0, 0.1) is 0 Å². The monoisotopic (exact) mass is 369 g/mol. The van der Waals surface area contributed by atoms with Gasteiger partial charge in [0.1, 0.15) is 0 Å². The molecule has 0 unspecified atom stereocenters. The molecule has 0 fully saturated rings. The third-order valence-corrected chi connectivity index (χ3v) is 4.80. The number of nitrogens with zero attached hydrogens (tertiary/aromatic N) is 5. The molecule has 6 nitrogen and oxygen atoms in total. The summed E-state index contributed by atoms with van der Waals surface area (Å²) in [6.07, 6.45) is 1.09. The molecule has 0 atom stereocenters. The summed E-state index contributed by atoms with van der Waals surface area (Å²) in [5, 5.41) is 15.8. The lowest BCUT2D eigenvalue weighted by molar-refractivity contribution is -0.00000506. The first-order chi connectivity index (χ1) is 11.2. The number of halogens is 1. The second-order valence-electron chi connectivity index (χ2n) is 5.30. The average Bonchev–Trinajstić information content (AvgIpc) is 2.98. The topological polar surface area (TPSA) is 58.9 Å². The van der Waals surface area contributed by atoms with E-state index in [-0.39, 0.29) is 12.4 Å². The maximum absolute atomic E-state index is 3.96. The van der Waals surface area contributed by atoms with Crippen molar-refractivity contribution < 1.29 is 12.4 Å². The standard InChI is InChI=1S/C16H26N6S.ClH/c1-4-22(5-2)15-9-7-14(8-10-15)13-17-11-6-12-23-16-18-19-20-21(16)3;/h7-10,17H,4-6,11-13H2,1-3H3;1H/p-1. The van der Waals surface area contributed by atoms with E-state index in [9.17, 15) is 0 Å². The SMILES string of the molecule is CCN(CC)c1ccc(CNCCCSc2nnnn2C)cc1.[Cl-]. The molecule has 1 aromatic carbocycles. The van der Waals surface area contributed by atoms with Gasteiger partial charge in [0.15, 0.2) is 0 Å². The summed E-state index contributed by atoms with van der Waals surface area (Å²) in [5.41, 5.74) is 2.62. The van der Waals surface area contributed by atoms with Crippen LogP contribution in [0.3, 0.4) is 0 Å². The fourth-order valence-corrected chi connectivity index (χ4v) is 3.14. The number of tetrazole rings is 1. The molecule has 134 valence electrons. The minimum atomic E-state index is 0. The fraction of sp³-hybridized carbons (Fsp3) is 0.562. The van der Waals surface area contributed by atoms with Gasteiger partial charge >= 0.3 is 0 Å². The van der Waals surface area contributed by atoms with Crippen LogP contribution in [0.25, 0.3) is 0 Å². The van der Waals surface area contributed by atoms with Crippen molar-refractivity contribution in [1.82, 2.24) is 25.5 Å². The average molecular weight is 370 g/mol. The highest BCUT2D eigenvalue weighted by molar-refractivity contribution is 7.99. The summed E-state index contributed by atoms with van der Waals surface area (Å²) >= 11 is 1.69. The van der Waals surface area contributed by atoms with Gasteiger partial charge in [0.25, 0.3) is 0 Å². The molecule has 0 saturated carbocycles. The van der Waals surface area contributed by atoms with Crippen molar-refractivity contribution >= 4 is 17.4 Å². The van der Waals surface area contributed by atoms with Gasteiger partial charge < -0.3 is 22.6 Å². The quantitative estimate of drug-likeness (QED) is 0.443. The molecule has 1 aromatic heterocycles. The molecule has 2 rings (SSSR count). The molecule has 8 heteroatoms. The maximum Gasteiger partial charge on any atom is 0.209 e. The largest absolute Gasteiger partial charge is 1.00 e. The number of nitrogens with one attached hydrogen (secondary N) is 1. The highest BCUT2D eigenvalue weighted by Gasteiger charge is 2.03. The van der Waals surface area contributed by atoms with Gasteiger partial charge in [0.05, 0.1) is 0 Å². The van der Waals surface area contributed by atoms with Crippen LogP contribution in [-0.2, 0) is 13.6 Å². The summed E-state index contributed by atoms with van der Waals surface area (Å²) in [5.74, 6) is 1.02. The molecule has 0 amide bonds. The number of thioether (sulfide) groups is 1. The van der Waals surface area contributed by atoms with Gasteiger partial charge in [0.2, 0.25) is 5.16 Å². The fourth-order valence-electron chi connectivity index (χ4n) is 2.35. The van der Waals surface area contributed by atoms with E-state index >= 15 is 0 Å². The highest BCUT2D eigenvalue weighted by atomic mass is 35.5. The van der Waals surface area contributed by atoms with Crippen LogP contribution in [0.2, 0.25) is 0 Å². The van der Waals surface area contributed by atoms with Crippen LogP contribution >= 0.6 is 11.8 Å². The predicted octanol–water partition coefficient (Wildman–Crippen LogP) is -0.668. The second kappa shape index (κ2) is 11.3. The summed E-state index contributed by atoms with van der Waals surface area (Å²) in [6.45, 7) is 8.38. The minimum absolute atomic E-state index is 0. The Bertz CT molecular complexity index is 570. The molecule has 1 heterocycles. The van der Waals surface area contributed by atoms with E-state index in [4.69, 9.17) is 0 Å². The Morgan fingerprint density at radius 3 is 2.46 bits per heavy atom. The molecule has 0 saturated heterocycles. The number of aromatic nitrogens is 4. The van der Waals surface area contributed by atoms with Crippen LogP contribution in [0.4, 0.5) is 5.69 Å². The Hall–Kier alpha value is -1.31. The van der Waals surface area contributed by atoms with Crippen molar-refractivity contribution in [1.29, 1.82) is 0 Å². The third kappa shape index (κ3) is 6.30. The van der Waals surface area contributed by atoms with Gasteiger partial charge in [-0.1, -0.05) is 23.9 Å². The highest BCUT2D eigenvalue weighted by Crippen LogP contribution is 2.15. The second-order valence-corrected chi connectivity index (χ2v) is 6.36. The Morgan fingerprint density at radius 1 is 1.17 bits per heavy atom. The van der Waals surface area contributed by atoms with Crippen molar-refractivity contribution in [2.45, 2.75) is 32.0 Å². The van der Waals surface area contributed by atoms with E-state index in [1.807, 2.05) is 7.05 Å². The summed E-state index contributed by atoms with van der Waals surface area (Å²) in [4.78, 5) is 2.36. The molecule has 24 heavy (non-hydrogen) atoms. The van der Waals surface area contributed by atoms with Crippen LogP contribution in [0.5, 0.6) is 0 Å². The third-order valence-electron chi connectivity index (χ3n) is 3.70. The van der Waals surface area contributed by atoms with Gasteiger partial charge in [0, 0.05) is 38.1 Å². The number of hydrogen-bond acceptors (Lipinski definition) is 6. The van der Waals surface area contributed by atoms with Gasteiger partial charge in [-0.15, -0.1) is 5.10 Å². The summed E-state index contributed by atoms with van der Waals surface area (Å²) in [7, 11) is 1.86. The van der Waals surface area contributed by atoms with Crippen molar-refractivity contribution in [2.75, 3.05) is 30.3 Å². The van der Waals surface area contributed by atoms with Crippen LogP contribution in [0.15, 0.2) is 29.4 Å². The van der Waals surface area contributed by atoms with Gasteiger partial charge in [-0.3, -0.25) is 0 Å². The zero-order chi connectivity index (χ0) is 16.5. The number of anilines is 1. The van der Waals surface area contributed by atoms with Crippen molar-refractivity contribution in [3.05, 3.63) is 29.8 Å². The molecule has 0 aliphatic heterocycles. The summed E-state index contributed by atoms with van der Waals surface area (Å²) < 4.78 is 1.70. The van der Waals surface area contributed by atoms with Crippen molar-refractivity contribution in [3.8, 4) is 0 Å². The number of hydrogen-bond donors (Lipinski definition) is 1. The van der Waals surface area contributed by atoms with Crippen molar-refractivity contribution in [2.24, 2.45) is 7.05 Å². The molecule has 0 spiro atoms. The lowest BCUT2D eigenvalue weighted by Crippen LogP contribution is -3.00. The van der Waals surface area contributed by atoms with Gasteiger partial charge in [-0.25, -0.2) is 4.68 Å². The zero-order valence-corrected chi connectivity index (χ0v) is 16.1. The molecule has 0 aliphatic carbocycles. The molecular formula is C16H26ClN6S-. The first-order valence-corrected chi connectivity index (χ1v) is 9.13. The smallest absolute Gasteiger partial charge is 0.209 e. The molecule has 0 radical (unpaired) electrons. The van der Waals surface area contributed by atoms with Crippen LogP contribution < -0.4 is 22.6 Å². The molecule has 2 aromatic rings. The molecule has 0 aliphatic rings. The van der Waals surface area contributed by atoms with Crippen LogP contribution in [-0.4, -0.2) is 45.6 Å². The minimum Gasteiger partial charge on any atom is -1.00 e. The first kappa shape index (κ1) is 20.7. The van der Waals surface area contributed by atoms with E-state index in [1.165, 1.54) is 11.3 Å². The molecular weight excluding hydrogens is 344 g/mol. The summed E-state index contributed by atoms with van der Waals surface area (Å²) in [6, 6.07) is 8.84. The van der Waals surface area contributed by atoms with E-state index in [0.29, 0.717) is 0 Å². The molecule has 1 N–H and O–H groups in total. The van der Waals surface area contributed by atoms with E-state index < -0.39 is 0 Å². The number of aryl methyl sites for hydroxylation is 1. The zero-order valence-electron chi connectivity index (χ0n) is 14.6. The number of rotatable bonds is 10. The van der Waals surface area contributed by atoms with Crippen LogP contribution in [0.1, 0.15) is 25.8 Å².